The van der Waals surface area contributed by atoms with Gasteiger partial charge in [-0.25, -0.2) is 0 Å². The van der Waals surface area contributed by atoms with Gasteiger partial charge in [0.15, 0.2) is 11.5 Å². The summed E-state index contributed by atoms with van der Waals surface area (Å²) in [6.07, 6.45) is 0. The molecule has 9 aromatic rings. The Morgan fingerprint density at radius 1 is 0.356 bits per heavy atom. The number of hydrogen-bond acceptors (Lipinski definition) is 1. The van der Waals surface area contributed by atoms with Crippen molar-refractivity contribution >= 4 is 43.6 Å². The van der Waals surface area contributed by atoms with Crippen LogP contribution < -0.4 is 4.74 Å². The lowest BCUT2D eigenvalue weighted by Gasteiger charge is -2.22. The number of benzene rings is 7. The summed E-state index contributed by atoms with van der Waals surface area (Å²) in [5, 5.41) is 4.93. The van der Waals surface area contributed by atoms with Crippen molar-refractivity contribution in [1.29, 1.82) is 0 Å². The molecule has 0 aliphatic carbocycles. The van der Waals surface area contributed by atoms with E-state index in [0.29, 0.717) is 0 Å². The topological polar surface area (TPSA) is 19.1 Å². The Morgan fingerprint density at radius 3 is 1.58 bits per heavy atom. The molecule has 0 atom stereocenters. The number of ether oxygens (including phenoxy) is 1. The number of rotatable bonds is 3. The fraction of sp³-hybridized carbons (Fsp3) is 0. The summed E-state index contributed by atoms with van der Waals surface area (Å²) in [6.45, 7) is 0. The van der Waals surface area contributed by atoms with Crippen LogP contribution in [-0.2, 0) is 0 Å². The number of hydrogen-bond donors (Lipinski definition) is 0. The molecule has 45 heavy (non-hydrogen) atoms. The van der Waals surface area contributed by atoms with E-state index in [1.165, 1.54) is 54.8 Å². The first-order valence-corrected chi connectivity index (χ1v) is 15.4. The lowest BCUT2D eigenvalue weighted by molar-refractivity contribution is 0.476. The molecular weight excluding hydrogens is 548 g/mol. The molecule has 0 bridgehead atoms. The second-order valence-electron chi connectivity index (χ2n) is 11.7. The molecule has 0 fully saturated rings. The lowest BCUT2D eigenvalue weighted by atomic mass is 9.92. The van der Waals surface area contributed by atoms with E-state index >= 15 is 0 Å². The molecule has 10 rings (SSSR count). The molecular formula is C42H26N2O. The van der Waals surface area contributed by atoms with Gasteiger partial charge in [0.1, 0.15) is 0 Å². The maximum atomic E-state index is 6.64. The molecule has 3 heterocycles. The minimum absolute atomic E-state index is 0.870. The zero-order valence-corrected chi connectivity index (χ0v) is 24.3. The van der Waals surface area contributed by atoms with Gasteiger partial charge in [-0.15, -0.1) is 0 Å². The van der Waals surface area contributed by atoms with Gasteiger partial charge in [0.05, 0.1) is 33.4 Å². The van der Waals surface area contributed by atoms with E-state index in [0.717, 1.165) is 34.0 Å². The Balaban J connectivity index is 1.25. The molecule has 3 heteroatoms. The number of nitrogens with zero attached hydrogens (tertiary/aromatic N) is 2. The molecule has 0 amide bonds. The van der Waals surface area contributed by atoms with Crippen molar-refractivity contribution in [2.45, 2.75) is 0 Å². The maximum Gasteiger partial charge on any atom is 0.152 e. The summed E-state index contributed by atoms with van der Waals surface area (Å²) in [5.74, 6) is 1.75. The van der Waals surface area contributed by atoms with Crippen LogP contribution in [0.4, 0.5) is 0 Å². The summed E-state index contributed by atoms with van der Waals surface area (Å²) in [4.78, 5) is 0. The summed E-state index contributed by atoms with van der Waals surface area (Å²) < 4.78 is 11.4. The summed E-state index contributed by atoms with van der Waals surface area (Å²) in [7, 11) is 0. The van der Waals surface area contributed by atoms with Crippen LogP contribution in [-0.4, -0.2) is 9.13 Å². The summed E-state index contributed by atoms with van der Waals surface area (Å²) >= 11 is 0. The SMILES string of the molecule is c1ccc2c(c1)Oc1cc(-c3ccccc3-c3ccccc3-n3c4ccccc4c4ccccc43)cc3c4ccccc4n-2c13. The van der Waals surface area contributed by atoms with Crippen molar-refractivity contribution in [3.8, 4) is 45.1 Å². The average Bonchev–Trinajstić information content (AvgIpc) is 3.62. The van der Waals surface area contributed by atoms with E-state index in [1.807, 2.05) is 6.07 Å². The quantitative estimate of drug-likeness (QED) is 0.205. The molecule has 0 radical (unpaired) electrons. The van der Waals surface area contributed by atoms with E-state index in [1.54, 1.807) is 0 Å². The smallest absolute Gasteiger partial charge is 0.152 e. The van der Waals surface area contributed by atoms with Crippen LogP contribution in [0.2, 0.25) is 0 Å². The second-order valence-corrected chi connectivity index (χ2v) is 11.7. The third-order valence-corrected chi connectivity index (χ3v) is 9.31. The van der Waals surface area contributed by atoms with E-state index < -0.39 is 0 Å². The number of fused-ring (bicyclic) bond motifs is 8. The highest BCUT2D eigenvalue weighted by Crippen LogP contribution is 2.48. The van der Waals surface area contributed by atoms with Gasteiger partial charge in [-0.05, 0) is 65.2 Å². The molecule has 3 nitrogen and oxygen atoms in total. The van der Waals surface area contributed by atoms with E-state index in [2.05, 4.69) is 161 Å². The van der Waals surface area contributed by atoms with Gasteiger partial charge < -0.3 is 13.9 Å². The zero-order chi connectivity index (χ0) is 29.5. The Hall–Kier alpha value is -6.06. The highest BCUT2D eigenvalue weighted by atomic mass is 16.5. The van der Waals surface area contributed by atoms with Gasteiger partial charge in [0, 0.05) is 27.1 Å². The first kappa shape index (κ1) is 24.4. The van der Waals surface area contributed by atoms with Crippen molar-refractivity contribution in [3.05, 3.63) is 158 Å². The lowest BCUT2D eigenvalue weighted by Crippen LogP contribution is -2.04. The Bertz CT molecular complexity index is 2580. The van der Waals surface area contributed by atoms with Crippen molar-refractivity contribution in [1.82, 2.24) is 9.13 Å². The Morgan fingerprint density at radius 2 is 0.867 bits per heavy atom. The first-order chi connectivity index (χ1) is 22.3. The van der Waals surface area contributed by atoms with Crippen LogP contribution >= 0.6 is 0 Å². The van der Waals surface area contributed by atoms with E-state index in [4.69, 9.17) is 4.74 Å². The van der Waals surface area contributed by atoms with Crippen molar-refractivity contribution in [2.75, 3.05) is 0 Å². The van der Waals surface area contributed by atoms with E-state index in [-0.39, 0.29) is 0 Å². The molecule has 0 saturated carbocycles. The predicted octanol–water partition coefficient (Wildman–Crippen LogP) is 11.3. The summed E-state index contributed by atoms with van der Waals surface area (Å²) in [6, 6.07) is 56.5. The highest BCUT2D eigenvalue weighted by molar-refractivity contribution is 6.14. The molecule has 0 spiro atoms. The van der Waals surface area contributed by atoms with Gasteiger partial charge in [0.25, 0.3) is 0 Å². The zero-order valence-electron chi connectivity index (χ0n) is 24.3. The largest absolute Gasteiger partial charge is 0.453 e. The monoisotopic (exact) mass is 574 g/mol. The van der Waals surface area contributed by atoms with Crippen molar-refractivity contribution in [2.24, 2.45) is 0 Å². The first-order valence-electron chi connectivity index (χ1n) is 15.4. The Kier molecular flexibility index (Phi) is 5.00. The minimum atomic E-state index is 0.870. The molecule has 7 aromatic carbocycles. The third kappa shape index (κ3) is 3.41. The van der Waals surface area contributed by atoms with Crippen LogP contribution in [0.3, 0.4) is 0 Å². The highest BCUT2D eigenvalue weighted by Gasteiger charge is 2.25. The van der Waals surface area contributed by atoms with Gasteiger partial charge in [-0.3, -0.25) is 0 Å². The summed E-state index contributed by atoms with van der Waals surface area (Å²) in [5.41, 5.74) is 11.6. The maximum absolute atomic E-state index is 6.64. The van der Waals surface area contributed by atoms with Crippen LogP contribution in [0.5, 0.6) is 11.5 Å². The molecule has 0 N–H and O–H groups in total. The number of aromatic nitrogens is 2. The fourth-order valence-electron chi connectivity index (χ4n) is 7.44. The van der Waals surface area contributed by atoms with E-state index in [9.17, 15) is 0 Å². The van der Waals surface area contributed by atoms with Crippen LogP contribution in [0, 0.1) is 0 Å². The van der Waals surface area contributed by atoms with Crippen molar-refractivity contribution < 1.29 is 4.74 Å². The van der Waals surface area contributed by atoms with Gasteiger partial charge in [0.2, 0.25) is 0 Å². The van der Waals surface area contributed by atoms with Crippen LogP contribution in [0.1, 0.15) is 0 Å². The standard InChI is InChI=1S/C42H26N2O/c1-2-14-29(30-15-3-7-19-35(30)43-36-20-8-4-16-31(36)32-17-5-9-21-37(32)43)28(13-1)27-25-34-33-18-6-10-22-38(33)44-39-23-11-12-24-40(39)45-41(26-27)42(34)44/h1-26H. The number of para-hydroxylation sites is 6. The van der Waals surface area contributed by atoms with Gasteiger partial charge in [-0.1, -0.05) is 109 Å². The second kappa shape index (κ2) is 9.22. The molecule has 0 saturated heterocycles. The molecule has 0 unspecified atom stereocenters. The predicted molar refractivity (Wildman–Crippen MR) is 186 cm³/mol. The molecule has 2 aromatic heterocycles. The van der Waals surface area contributed by atoms with Crippen LogP contribution in [0.15, 0.2) is 158 Å². The van der Waals surface area contributed by atoms with Crippen LogP contribution in [0.25, 0.3) is 77.2 Å². The van der Waals surface area contributed by atoms with Gasteiger partial charge >= 0.3 is 0 Å². The fourth-order valence-corrected chi connectivity index (χ4v) is 7.44. The van der Waals surface area contributed by atoms with Crippen molar-refractivity contribution in [3.63, 3.8) is 0 Å². The molecule has 1 aliphatic rings. The minimum Gasteiger partial charge on any atom is -0.453 e. The van der Waals surface area contributed by atoms with Gasteiger partial charge in [-0.2, -0.15) is 0 Å². The normalized spacial score (nSPS) is 12.2. The third-order valence-electron chi connectivity index (χ3n) is 9.31. The average molecular weight is 575 g/mol. The molecule has 1 aliphatic heterocycles. The molecule has 210 valence electrons. The Labute approximate surface area is 259 Å².